The van der Waals surface area contributed by atoms with Gasteiger partial charge in [-0.2, -0.15) is 5.10 Å². The van der Waals surface area contributed by atoms with Gasteiger partial charge in [0.1, 0.15) is 17.4 Å². The van der Waals surface area contributed by atoms with Crippen molar-refractivity contribution < 1.29 is 9.84 Å². The van der Waals surface area contributed by atoms with Crippen molar-refractivity contribution in [2.24, 2.45) is 5.73 Å². The Morgan fingerprint density at radius 3 is 2.57 bits per heavy atom. The summed E-state index contributed by atoms with van der Waals surface area (Å²) in [5.41, 5.74) is 6.85. The molecule has 0 amide bonds. The maximum Gasteiger partial charge on any atom is 0.148 e. The van der Waals surface area contributed by atoms with Gasteiger partial charge < -0.3 is 15.6 Å². The average Bonchev–Trinajstić information content (AvgIpc) is 3.02. The fourth-order valence-electron chi connectivity index (χ4n) is 2.87. The van der Waals surface area contributed by atoms with Gasteiger partial charge in [-0.15, -0.1) is 0 Å². The van der Waals surface area contributed by atoms with Gasteiger partial charge in [-0.1, -0.05) is 0 Å². The van der Waals surface area contributed by atoms with Crippen molar-refractivity contribution in [2.45, 2.75) is 37.8 Å². The first-order chi connectivity index (χ1) is 10.1. The number of aryl methyl sites for hydroxylation is 1. The quantitative estimate of drug-likeness (QED) is 0.885. The fourth-order valence-corrected chi connectivity index (χ4v) is 2.87. The lowest BCUT2D eigenvalue weighted by molar-refractivity contribution is 0.163. The minimum Gasteiger partial charge on any atom is -0.497 e. The summed E-state index contributed by atoms with van der Waals surface area (Å²) in [4.78, 5) is 4.53. The zero-order valence-corrected chi connectivity index (χ0v) is 12.2. The molecule has 112 valence electrons. The van der Waals surface area contributed by atoms with E-state index in [0.717, 1.165) is 29.5 Å². The largest absolute Gasteiger partial charge is 0.497 e. The molecule has 0 spiro atoms. The lowest BCUT2D eigenvalue weighted by atomic mass is 10.1. The number of methoxy groups -OCH3 is 1. The molecular formula is C15H20N4O2. The van der Waals surface area contributed by atoms with E-state index in [1.165, 1.54) is 0 Å². The minimum atomic E-state index is -0.462. The van der Waals surface area contributed by atoms with E-state index in [1.54, 1.807) is 7.11 Å². The first-order valence-electron chi connectivity index (χ1n) is 7.10. The van der Waals surface area contributed by atoms with Crippen LogP contribution < -0.4 is 10.5 Å². The summed E-state index contributed by atoms with van der Waals surface area (Å²) in [5.74, 6) is 2.52. The van der Waals surface area contributed by atoms with Crippen LogP contribution in [0.4, 0.5) is 0 Å². The van der Waals surface area contributed by atoms with Crippen molar-refractivity contribution in [3.05, 3.63) is 35.9 Å². The molecular weight excluding hydrogens is 268 g/mol. The maximum atomic E-state index is 9.87. The highest BCUT2D eigenvalue weighted by molar-refractivity contribution is 5.38. The zero-order valence-electron chi connectivity index (χ0n) is 12.2. The fraction of sp³-hybridized carbons (Fsp3) is 0.467. The lowest BCUT2D eigenvalue weighted by Crippen LogP contribution is -2.28. The number of aromatic nitrogens is 3. The Bertz CT molecular complexity index is 613. The van der Waals surface area contributed by atoms with Gasteiger partial charge in [0.05, 0.1) is 18.9 Å². The second kappa shape index (κ2) is 5.46. The second-order valence-electron chi connectivity index (χ2n) is 5.53. The van der Waals surface area contributed by atoms with Gasteiger partial charge in [-0.05, 0) is 44.0 Å². The van der Waals surface area contributed by atoms with Crippen LogP contribution in [0.2, 0.25) is 0 Å². The van der Waals surface area contributed by atoms with E-state index in [-0.39, 0.29) is 12.0 Å². The Hall–Kier alpha value is -1.92. The Labute approximate surface area is 123 Å². The number of rotatable bonds is 3. The third-order valence-electron chi connectivity index (χ3n) is 4.00. The zero-order chi connectivity index (χ0) is 15.0. The second-order valence-corrected chi connectivity index (χ2v) is 5.53. The van der Waals surface area contributed by atoms with Gasteiger partial charge in [0.25, 0.3) is 0 Å². The Morgan fingerprint density at radius 2 is 2.00 bits per heavy atom. The van der Waals surface area contributed by atoms with Crippen molar-refractivity contribution in [3.8, 4) is 11.4 Å². The van der Waals surface area contributed by atoms with Crippen molar-refractivity contribution in [2.75, 3.05) is 7.11 Å². The molecule has 6 heteroatoms. The predicted molar refractivity (Wildman–Crippen MR) is 78.6 cm³/mol. The van der Waals surface area contributed by atoms with Gasteiger partial charge in [-0.3, -0.25) is 0 Å². The summed E-state index contributed by atoms with van der Waals surface area (Å²) < 4.78 is 7.01. The summed E-state index contributed by atoms with van der Waals surface area (Å²) in [6.07, 6.45) is 0.904. The molecule has 1 saturated carbocycles. The molecule has 1 heterocycles. The molecule has 0 aliphatic heterocycles. The highest BCUT2D eigenvalue weighted by atomic mass is 16.5. The van der Waals surface area contributed by atoms with E-state index >= 15 is 0 Å². The van der Waals surface area contributed by atoms with E-state index in [2.05, 4.69) is 10.1 Å². The van der Waals surface area contributed by atoms with Crippen LogP contribution in [0.3, 0.4) is 0 Å². The Kier molecular flexibility index (Phi) is 3.65. The Balaban J connectivity index is 1.95. The van der Waals surface area contributed by atoms with Gasteiger partial charge in [-0.25, -0.2) is 9.67 Å². The number of nitrogens with two attached hydrogens (primary N) is 1. The summed E-state index contributed by atoms with van der Waals surface area (Å²) in [5, 5.41) is 14.3. The smallest absolute Gasteiger partial charge is 0.148 e. The van der Waals surface area contributed by atoms with E-state index in [0.29, 0.717) is 6.42 Å². The molecule has 3 rings (SSSR count). The van der Waals surface area contributed by atoms with Crippen LogP contribution in [0, 0.1) is 6.92 Å². The molecule has 1 aromatic heterocycles. The first-order valence-corrected chi connectivity index (χ1v) is 7.10. The van der Waals surface area contributed by atoms with Crippen LogP contribution in [0.1, 0.15) is 30.4 Å². The van der Waals surface area contributed by atoms with Crippen LogP contribution in [0.25, 0.3) is 5.69 Å². The molecule has 1 aliphatic carbocycles. The van der Waals surface area contributed by atoms with Crippen LogP contribution in [-0.4, -0.2) is 39.1 Å². The highest BCUT2D eigenvalue weighted by Crippen LogP contribution is 2.34. The number of ether oxygens (including phenoxy) is 1. The van der Waals surface area contributed by atoms with Crippen LogP contribution >= 0.6 is 0 Å². The normalized spacial score (nSPS) is 25.2. The predicted octanol–water partition coefficient (Wildman–Crippen LogP) is 1.15. The van der Waals surface area contributed by atoms with E-state index < -0.39 is 6.10 Å². The molecule has 1 aliphatic rings. The van der Waals surface area contributed by atoms with Crippen LogP contribution in [0.5, 0.6) is 5.75 Å². The molecule has 0 radical (unpaired) electrons. The number of nitrogens with zero attached hydrogens (tertiary/aromatic N) is 3. The molecule has 3 atom stereocenters. The van der Waals surface area contributed by atoms with E-state index in [4.69, 9.17) is 10.5 Å². The molecule has 0 unspecified atom stereocenters. The highest BCUT2D eigenvalue weighted by Gasteiger charge is 2.34. The van der Waals surface area contributed by atoms with Gasteiger partial charge in [0.2, 0.25) is 0 Å². The average molecular weight is 288 g/mol. The van der Waals surface area contributed by atoms with Crippen molar-refractivity contribution in [1.82, 2.24) is 14.8 Å². The summed E-state index contributed by atoms with van der Waals surface area (Å²) in [6, 6.07) is 7.50. The SMILES string of the molecule is COc1ccc(-n2nc(C)nc2[C@H]2C[C@H](N)[C@@H](O)C2)cc1. The maximum absolute atomic E-state index is 9.87. The monoisotopic (exact) mass is 288 g/mol. The number of aliphatic hydroxyl groups is 1. The van der Waals surface area contributed by atoms with Crippen molar-refractivity contribution in [3.63, 3.8) is 0 Å². The molecule has 6 nitrogen and oxygen atoms in total. The van der Waals surface area contributed by atoms with Gasteiger partial charge >= 0.3 is 0 Å². The third-order valence-corrected chi connectivity index (χ3v) is 4.00. The van der Waals surface area contributed by atoms with Gasteiger partial charge in [0, 0.05) is 12.0 Å². The van der Waals surface area contributed by atoms with Gasteiger partial charge in [0.15, 0.2) is 0 Å². The standard InChI is InChI=1S/C15H20N4O2/c1-9-17-15(10-7-13(16)14(20)8-10)19(18-9)11-3-5-12(21-2)6-4-11/h3-6,10,13-14,20H,7-8,16H2,1-2H3/t10-,13-,14-/m0/s1. The topological polar surface area (TPSA) is 86.2 Å². The van der Waals surface area contributed by atoms with Crippen molar-refractivity contribution >= 4 is 0 Å². The molecule has 2 aromatic rings. The summed E-state index contributed by atoms with van der Waals surface area (Å²) >= 11 is 0. The third kappa shape index (κ3) is 2.64. The molecule has 21 heavy (non-hydrogen) atoms. The molecule has 1 fully saturated rings. The van der Waals surface area contributed by atoms with Crippen LogP contribution in [0.15, 0.2) is 24.3 Å². The summed E-state index contributed by atoms with van der Waals surface area (Å²) in [7, 11) is 1.64. The van der Waals surface area contributed by atoms with E-state index in [1.807, 2.05) is 35.9 Å². The van der Waals surface area contributed by atoms with Crippen LogP contribution in [-0.2, 0) is 0 Å². The molecule has 1 aromatic carbocycles. The minimum absolute atomic E-state index is 0.137. The first kappa shape index (κ1) is 14.0. The van der Waals surface area contributed by atoms with E-state index in [9.17, 15) is 5.11 Å². The number of benzene rings is 1. The Morgan fingerprint density at radius 1 is 1.29 bits per heavy atom. The number of hydrogen-bond acceptors (Lipinski definition) is 5. The molecule has 0 saturated heterocycles. The molecule has 0 bridgehead atoms. The molecule has 3 N–H and O–H groups in total. The number of hydrogen-bond donors (Lipinski definition) is 2. The lowest BCUT2D eigenvalue weighted by Gasteiger charge is -2.11. The summed E-state index contributed by atoms with van der Waals surface area (Å²) in [6.45, 7) is 1.87. The number of aliphatic hydroxyl groups excluding tert-OH is 1. The van der Waals surface area contributed by atoms with Crippen molar-refractivity contribution in [1.29, 1.82) is 0 Å².